The van der Waals surface area contributed by atoms with Crippen LogP contribution in [0.25, 0.3) is 6.08 Å². The lowest BCUT2D eigenvalue weighted by atomic mass is 10.1. The molecule has 0 N–H and O–H groups in total. The minimum Gasteiger partial charge on any atom is -0.493 e. The molecule has 0 heterocycles. The van der Waals surface area contributed by atoms with Crippen molar-refractivity contribution in [2.24, 2.45) is 0 Å². The number of methoxy groups -OCH3 is 1. The second-order valence-corrected chi connectivity index (χ2v) is 6.19. The Morgan fingerprint density at radius 2 is 1.72 bits per heavy atom. The zero-order chi connectivity index (χ0) is 20.6. The van der Waals surface area contributed by atoms with Gasteiger partial charge >= 0.3 is 0 Å². The monoisotopic (exact) mass is 389 g/mol. The zero-order valence-corrected chi connectivity index (χ0v) is 15.8. The molecule has 3 rings (SSSR count). The summed E-state index contributed by atoms with van der Waals surface area (Å²) in [5.74, 6) is 0.920. The Morgan fingerprint density at radius 1 is 1.00 bits per heavy atom. The molecule has 0 aliphatic rings. The Labute approximate surface area is 168 Å². The standard InChI is InChI=1S/C23H19NO5/c1-28-22-14-8-17(15-23(22)29-16-18-5-3-2-4-6-18)7-13-21(25)19-9-11-20(12-10-19)24(26)27/h2-15H,16H2,1H3/b13-7+. The third-order valence-corrected chi connectivity index (χ3v) is 4.21. The number of benzene rings is 3. The second-order valence-electron chi connectivity index (χ2n) is 6.19. The van der Waals surface area contributed by atoms with Crippen LogP contribution in [0.4, 0.5) is 5.69 Å². The van der Waals surface area contributed by atoms with Gasteiger partial charge in [0, 0.05) is 17.7 Å². The number of ketones is 1. The number of hydrogen-bond acceptors (Lipinski definition) is 5. The average Bonchev–Trinajstić information content (AvgIpc) is 2.76. The van der Waals surface area contributed by atoms with Crippen molar-refractivity contribution in [2.45, 2.75) is 6.61 Å². The number of nitro benzene ring substituents is 1. The first-order valence-corrected chi connectivity index (χ1v) is 8.88. The highest BCUT2D eigenvalue weighted by atomic mass is 16.6. The van der Waals surface area contributed by atoms with Gasteiger partial charge in [-0.25, -0.2) is 0 Å². The summed E-state index contributed by atoms with van der Waals surface area (Å²) in [6.45, 7) is 0.395. The predicted molar refractivity (Wildman–Crippen MR) is 110 cm³/mol. The molecule has 0 amide bonds. The maximum absolute atomic E-state index is 12.3. The van der Waals surface area contributed by atoms with Crippen molar-refractivity contribution in [3.05, 3.63) is 106 Å². The van der Waals surface area contributed by atoms with E-state index in [1.165, 1.54) is 30.3 Å². The van der Waals surface area contributed by atoms with Crippen LogP contribution in [0.1, 0.15) is 21.5 Å². The van der Waals surface area contributed by atoms with Crippen molar-refractivity contribution in [1.29, 1.82) is 0 Å². The van der Waals surface area contributed by atoms with E-state index < -0.39 is 4.92 Å². The van der Waals surface area contributed by atoms with Crippen LogP contribution in [0.2, 0.25) is 0 Å². The van der Waals surface area contributed by atoms with Crippen molar-refractivity contribution < 1.29 is 19.2 Å². The van der Waals surface area contributed by atoms with Crippen LogP contribution >= 0.6 is 0 Å². The van der Waals surface area contributed by atoms with Gasteiger partial charge in [0.15, 0.2) is 17.3 Å². The molecule has 0 aliphatic heterocycles. The Bertz CT molecular complexity index is 1030. The van der Waals surface area contributed by atoms with Crippen molar-refractivity contribution in [2.75, 3.05) is 7.11 Å². The first-order chi connectivity index (χ1) is 14.1. The van der Waals surface area contributed by atoms with Gasteiger partial charge in [0.2, 0.25) is 0 Å². The number of ether oxygens (including phenoxy) is 2. The molecule has 0 unspecified atom stereocenters. The van der Waals surface area contributed by atoms with Gasteiger partial charge in [-0.05, 0) is 41.5 Å². The molecule has 0 bridgehead atoms. The molecule has 0 spiro atoms. The molecule has 0 aromatic heterocycles. The Kier molecular flexibility index (Phi) is 6.37. The van der Waals surface area contributed by atoms with Crippen molar-refractivity contribution in [3.63, 3.8) is 0 Å². The third-order valence-electron chi connectivity index (χ3n) is 4.21. The average molecular weight is 389 g/mol. The lowest BCUT2D eigenvalue weighted by Gasteiger charge is -2.11. The van der Waals surface area contributed by atoms with Gasteiger partial charge in [-0.1, -0.05) is 42.5 Å². The number of carbonyl (C=O) groups is 1. The molecule has 0 saturated heterocycles. The first-order valence-electron chi connectivity index (χ1n) is 8.88. The molecule has 29 heavy (non-hydrogen) atoms. The van der Waals surface area contributed by atoms with Gasteiger partial charge in [0.1, 0.15) is 6.61 Å². The summed E-state index contributed by atoms with van der Waals surface area (Å²) < 4.78 is 11.2. The lowest BCUT2D eigenvalue weighted by molar-refractivity contribution is -0.384. The Hall–Kier alpha value is -3.93. The van der Waals surface area contributed by atoms with E-state index in [4.69, 9.17) is 9.47 Å². The number of hydrogen-bond donors (Lipinski definition) is 0. The van der Waals surface area contributed by atoms with Crippen molar-refractivity contribution in [1.82, 2.24) is 0 Å². The molecular weight excluding hydrogens is 370 g/mol. The molecule has 0 fully saturated rings. The zero-order valence-electron chi connectivity index (χ0n) is 15.8. The third kappa shape index (κ3) is 5.29. The molecular formula is C23H19NO5. The van der Waals surface area contributed by atoms with Gasteiger partial charge in [-0.3, -0.25) is 14.9 Å². The van der Waals surface area contributed by atoms with Crippen LogP contribution in [0.5, 0.6) is 11.5 Å². The van der Waals surface area contributed by atoms with E-state index in [0.717, 1.165) is 11.1 Å². The number of nitro groups is 1. The highest BCUT2D eigenvalue weighted by Crippen LogP contribution is 2.29. The molecule has 0 saturated carbocycles. The number of nitrogens with zero attached hydrogens (tertiary/aromatic N) is 1. The molecule has 3 aromatic rings. The summed E-state index contributed by atoms with van der Waals surface area (Å²) in [5, 5.41) is 10.7. The van der Waals surface area contributed by atoms with Gasteiger partial charge < -0.3 is 9.47 Å². The van der Waals surface area contributed by atoms with Crippen LogP contribution < -0.4 is 9.47 Å². The van der Waals surface area contributed by atoms with E-state index in [9.17, 15) is 14.9 Å². The normalized spacial score (nSPS) is 10.7. The van der Waals surface area contributed by atoms with E-state index >= 15 is 0 Å². The summed E-state index contributed by atoms with van der Waals surface area (Å²) in [6.07, 6.45) is 3.09. The molecule has 0 radical (unpaired) electrons. The quantitative estimate of drug-likeness (QED) is 0.232. The van der Waals surface area contributed by atoms with Crippen LogP contribution in [-0.2, 0) is 6.61 Å². The van der Waals surface area contributed by atoms with Gasteiger partial charge in [0.05, 0.1) is 12.0 Å². The van der Waals surface area contributed by atoms with Gasteiger partial charge in [-0.2, -0.15) is 0 Å². The van der Waals surface area contributed by atoms with E-state index in [2.05, 4.69) is 0 Å². The van der Waals surface area contributed by atoms with E-state index in [0.29, 0.717) is 23.7 Å². The molecule has 3 aromatic carbocycles. The summed E-state index contributed by atoms with van der Waals surface area (Å²) in [4.78, 5) is 22.5. The number of non-ortho nitro benzene ring substituents is 1. The van der Waals surface area contributed by atoms with Crippen molar-refractivity contribution >= 4 is 17.5 Å². The lowest BCUT2D eigenvalue weighted by Crippen LogP contribution is -1.98. The molecule has 6 nitrogen and oxygen atoms in total. The summed E-state index contributed by atoms with van der Waals surface area (Å²) in [5.41, 5.74) is 2.12. The largest absolute Gasteiger partial charge is 0.493 e. The minimum atomic E-state index is -0.502. The number of allylic oxidation sites excluding steroid dienone is 1. The van der Waals surface area contributed by atoms with Crippen molar-refractivity contribution in [3.8, 4) is 11.5 Å². The smallest absolute Gasteiger partial charge is 0.269 e. The Morgan fingerprint density at radius 3 is 2.38 bits per heavy atom. The summed E-state index contributed by atoms with van der Waals surface area (Å²) in [6, 6.07) is 20.6. The van der Waals surface area contributed by atoms with Crippen LogP contribution in [-0.4, -0.2) is 17.8 Å². The summed E-state index contributed by atoms with van der Waals surface area (Å²) in [7, 11) is 1.57. The maximum atomic E-state index is 12.3. The fourth-order valence-electron chi connectivity index (χ4n) is 2.66. The SMILES string of the molecule is COc1ccc(/C=C/C(=O)c2ccc([N+](=O)[O-])cc2)cc1OCc1ccccc1. The highest BCUT2D eigenvalue weighted by molar-refractivity contribution is 6.06. The minimum absolute atomic E-state index is 0.0547. The van der Waals surface area contributed by atoms with Crippen LogP contribution in [0.3, 0.4) is 0 Å². The fraction of sp³-hybridized carbons (Fsp3) is 0.0870. The molecule has 0 aliphatic carbocycles. The van der Waals surface area contributed by atoms with Crippen LogP contribution in [0.15, 0.2) is 78.9 Å². The maximum Gasteiger partial charge on any atom is 0.269 e. The molecule has 146 valence electrons. The van der Waals surface area contributed by atoms with E-state index in [1.54, 1.807) is 25.3 Å². The molecule has 6 heteroatoms. The number of rotatable bonds is 8. The fourth-order valence-corrected chi connectivity index (χ4v) is 2.66. The van der Waals surface area contributed by atoms with Gasteiger partial charge in [-0.15, -0.1) is 0 Å². The Balaban J connectivity index is 1.72. The topological polar surface area (TPSA) is 78.7 Å². The van der Waals surface area contributed by atoms with E-state index in [-0.39, 0.29) is 11.5 Å². The highest BCUT2D eigenvalue weighted by Gasteiger charge is 2.08. The predicted octanol–water partition coefficient (Wildman–Crippen LogP) is 5.08. The van der Waals surface area contributed by atoms with Crippen LogP contribution in [0, 0.1) is 10.1 Å². The summed E-state index contributed by atoms with van der Waals surface area (Å²) >= 11 is 0. The number of carbonyl (C=O) groups excluding carboxylic acids is 1. The first kappa shape index (κ1) is 19.8. The molecule has 0 atom stereocenters. The van der Waals surface area contributed by atoms with Gasteiger partial charge in [0.25, 0.3) is 5.69 Å². The second kappa shape index (κ2) is 9.32. The van der Waals surface area contributed by atoms with E-state index in [1.807, 2.05) is 36.4 Å².